The maximum absolute atomic E-state index is 12.6. The highest BCUT2D eigenvalue weighted by Gasteiger charge is 2.23. The van der Waals surface area contributed by atoms with Gasteiger partial charge >= 0.3 is 0 Å². The molecule has 1 aromatic carbocycles. The van der Waals surface area contributed by atoms with Gasteiger partial charge in [-0.3, -0.25) is 4.79 Å². The lowest BCUT2D eigenvalue weighted by atomic mass is 10.2. The number of rotatable bonds is 3. The summed E-state index contributed by atoms with van der Waals surface area (Å²) in [7, 11) is 0. The van der Waals surface area contributed by atoms with Gasteiger partial charge in [-0.15, -0.1) is 10.2 Å². The van der Waals surface area contributed by atoms with E-state index in [2.05, 4.69) is 41.1 Å². The molecule has 1 aliphatic rings. The Kier molecular flexibility index (Phi) is 4.61. The quantitative estimate of drug-likeness (QED) is 0.650. The maximum Gasteiger partial charge on any atom is 0.254 e. The van der Waals surface area contributed by atoms with Crippen molar-refractivity contribution in [1.29, 1.82) is 0 Å². The molecule has 3 aromatic rings. The first-order valence-electron chi connectivity index (χ1n) is 8.19. The number of aromatic nitrogens is 5. The van der Waals surface area contributed by atoms with Gasteiger partial charge in [-0.1, -0.05) is 22.0 Å². The zero-order valence-corrected chi connectivity index (χ0v) is 15.4. The molecule has 0 N–H and O–H groups in total. The van der Waals surface area contributed by atoms with Gasteiger partial charge in [-0.25, -0.2) is 9.67 Å². The molecular weight excluding hydrogens is 398 g/mol. The highest BCUT2D eigenvalue weighted by molar-refractivity contribution is 9.10. The molecule has 0 bridgehead atoms. The van der Waals surface area contributed by atoms with Gasteiger partial charge in [0.2, 0.25) is 0 Å². The number of piperazine rings is 1. The molecule has 4 rings (SSSR count). The van der Waals surface area contributed by atoms with Crippen molar-refractivity contribution in [3.63, 3.8) is 0 Å². The van der Waals surface area contributed by atoms with Crippen molar-refractivity contribution in [2.24, 2.45) is 0 Å². The number of hydrogen-bond donors (Lipinski definition) is 0. The summed E-state index contributed by atoms with van der Waals surface area (Å²) in [5.74, 6) is 1.47. The predicted octanol–water partition coefficient (Wildman–Crippen LogP) is 1.78. The Bertz CT molecular complexity index is 890. The minimum absolute atomic E-state index is 0.0542. The average molecular weight is 414 g/mol. The van der Waals surface area contributed by atoms with Crippen molar-refractivity contribution in [3.05, 3.63) is 59.1 Å². The van der Waals surface area contributed by atoms with Crippen LogP contribution >= 0.6 is 15.9 Å². The number of halogens is 1. The second kappa shape index (κ2) is 7.20. The topological polar surface area (TPSA) is 80.0 Å². The van der Waals surface area contributed by atoms with Crippen LogP contribution in [-0.2, 0) is 0 Å². The summed E-state index contributed by atoms with van der Waals surface area (Å²) in [4.78, 5) is 20.5. The molecule has 8 nitrogen and oxygen atoms in total. The third kappa shape index (κ3) is 3.43. The number of benzene rings is 1. The first-order valence-corrected chi connectivity index (χ1v) is 8.98. The molecule has 1 saturated heterocycles. The number of hydrogen-bond acceptors (Lipinski definition) is 6. The van der Waals surface area contributed by atoms with Gasteiger partial charge in [0, 0.05) is 36.2 Å². The number of nitrogens with zero attached hydrogens (tertiary/aromatic N) is 7. The van der Waals surface area contributed by atoms with Crippen molar-refractivity contribution in [2.45, 2.75) is 0 Å². The van der Waals surface area contributed by atoms with E-state index in [1.165, 1.54) is 6.33 Å². The summed E-state index contributed by atoms with van der Waals surface area (Å²) in [5, 5.41) is 12.5. The van der Waals surface area contributed by atoms with Crippen LogP contribution in [0.1, 0.15) is 10.4 Å². The fraction of sp³-hybridized carbons (Fsp3) is 0.235. The Balaban J connectivity index is 1.39. The molecule has 132 valence electrons. The van der Waals surface area contributed by atoms with Crippen LogP contribution in [-0.4, -0.2) is 61.9 Å². The van der Waals surface area contributed by atoms with E-state index in [1.807, 2.05) is 41.3 Å². The zero-order valence-electron chi connectivity index (χ0n) is 13.9. The standard InChI is InChI=1S/C17H16BrN7O/c18-14-3-1-2-13(10-14)17(26)24-8-6-23(7-9-24)15-4-5-16(22-21-15)25-12-19-11-20-25/h1-5,10-12H,6-9H2. The molecule has 0 radical (unpaired) electrons. The normalized spacial score (nSPS) is 14.5. The van der Waals surface area contributed by atoms with E-state index < -0.39 is 0 Å². The Hall–Kier alpha value is -2.81. The molecule has 0 spiro atoms. The van der Waals surface area contributed by atoms with Gasteiger partial charge < -0.3 is 9.80 Å². The van der Waals surface area contributed by atoms with Crippen molar-refractivity contribution in [3.8, 4) is 5.82 Å². The van der Waals surface area contributed by atoms with Gasteiger partial charge in [0.05, 0.1) is 0 Å². The largest absolute Gasteiger partial charge is 0.352 e. The lowest BCUT2D eigenvalue weighted by Crippen LogP contribution is -2.49. The van der Waals surface area contributed by atoms with E-state index in [4.69, 9.17) is 0 Å². The molecule has 3 heterocycles. The van der Waals surface area contributed by atoms with Crippen molar-refractivity contribution in [2.75, 3.05) is 31.1 Å². The van der Waals surface area contributed by atoms with Gasteiger partial charge in [0.1, 0.15) is 12.7 Å². The fourth-order valence-corrected chi connectivity index (χ4v) is 3.28. The molecule has 0 aliphatic carbocycles. The van der Waals surface area contributed by atoms with Crippen LogP contribution in [0.5, 0.6) is 0 Å². The summed E-state index contributed by atoms with van der Waals surface area (Å²) in [6.45, 7) is 2.74. The molecule has 26 heavy (non-hydrogen) atoms. The molecule has 0 atom stereocenters. The molecule has 0 unspecified atom stereocenters. The molecule has 2 aromatic heterocycles. The summed E-state index contributed by atoms with van der Waals surface area (Å²) < 4.78 is 2.47. The van der Waals surface area contributed by atoms with Crippen LogP contribution in [0, 0.1) is 0 Å². The third-order valence-electron chi connectivity index (χ3n) is 4.25. The van der Waals surface area contributed by atoms with Crippen LogP contribution in [0.4, 0.5) is 5.82 Å². The minimum Gasteiger partial charge on any atom is -0.352 e. The van der Waals surface area contributed by atoms with E-state index in [0.29, 0.717) is 24.5 Å². The first-order chi connectivity index (χ1) is 12.7. The second-order valence-corrected chi connectivity index (χ2v) is 6.80. The molecule has 1 fully saturated rings. The lowest BCUT2D eigenvalue weighted by molar-refractivity contribution is 0.0746. The van der Waals surface area contributed by atoms with E-state index in [-0.39, 0.29) is 5.91 Å². The third-order valence-corrected chi connectivity index (χ3v) is 4.75. The van der Waals surface area contributed by atoms with E-state index in [9.17, 15) is 4.79 Å². The van der Waals surface area contributed by atoms with Crippen molar-refractivity contribution < 1.29 is 4.79 Å². The van der Waals surface area contributed by atoms with Gasteiger partial charge in [0.25, 0.3) is 5.91 Å². The smallest absolute Gasteiger partial charge is 0.254 e. The predicted molar refractivity (Wildman–Crippen MR) is 99.2 cm³/mol. The van der Waals surface area contributed by atoms with Crippen LogP contribution in [0.2, 0.25) is 0 Å². The summed E-state index contributed by atoms with van der Waals surface area (Å²) in [5.41, 5.74) is 0.699. The highest BCUT2D eigenvalue weighted by atomic mass is 79.9. The summed E-state index contributed by atoms with van der Waals surface area (Å²) in [6.07, 6.45) is 3.03. The Labute approximate surface area is 158 Å². The minimum atomic E-state index is 0.0542. The van der Waals surface area contributed by atoms with E-state index in [0.717, 1.165) is 23.4 Å². The molecule has 1 aliphatic heterocycles. The number of carbonyl (C=O) groups excluding carboxylic acids is 1. The average Bonchev–Trinajstić information content (AvgIpc) is 3.23. The monoisotopic (exact) mass is 413 g/mol. The zero-order chi connectivity index (χ0) is 17.9. The SMILES string of the molecule is O=C(c1cccc(Br)c1)N1CCN(c2ccc(-n3cncn3)nn2)CC1. The van der Waals surface area contributed by atoms with Gasteiger partial charge in [0.15, 0.2) is 11.6 Å². The van der Waals surface area contributed by atoms with Crippen LogP contribution in [0.25, 0.3) is 5.82 Å². The number of anilines is 1. The van der Waals surface area contributed by atoms with Crippen molar-refractivity contribution in [1.82, 2.24) is 29.9 Å². The fourth-order valence-electron chi connectivity index (χ4n) is 2.88. The highest BCUT2D eigenvalue weighted by Crippen LogP contribution is 2.17. The van der Waals surface area contributed by atoms with Gasteiger partial charge in [-0.05, 0) is 30.3 Å². The molecule has 0 saturated carbocycles. The van der Waals surface area contributed by atoms with Crippen LogP contribution in [0.15, 0.2) is 53.5 Å². The lowest BCUT2D eigenvalue weighted by Gasteiger charge is -2.35. The van der Waals surface area contributed by atoms with Crippen LogP contribution < -0.4 is 4.90 Å². The Morgan fingerprint density at radius 1 is 1.00 bits per heavy atom. The number of amides is 1. The first kappa shape index (κ1) is 16.6. The van der Waals surface area contributed by atoms with E-state index in [1.54, 1.807) is 11.0 Å². The van der Waals surface area contributed by atoms with E-state index >= 15 is 0 Å². The maximum atomic E-state index is 12.6. The van der Waals surface area contributed by atoms with Crippen LogP contribution in [0.3, 0.4) is 0 Å². The summed E-state index contributed by atoms with van der Waals surface area (Å²) >= 11 is 3.41. The number of carbonyl (C=O) groups is 1. The Morgan fingerprint density at radius 3 is 2.42 bits per heavy atom. The van der Waals surface area contributed by atoms with Gasteiger partial charge in [-0.2, -0.15) is 5.10 Å². The molecule has 1 amide bonds. The summed E-state index contributed by atoms with van der Waals surface area (Å²) in [6, 6.07) is 11.2. The molecule has 9 heteroatoms. The second-order valence-electron chi connectivity index (χ2n) is 5.88. The molecular formula is C17H16BrN7O. The van der Waals surface area contributed by atoms with Crippen molar-refractivity contribution >= 4 is 27.7 Å². The Morgan fingerprint density at radius 2 is 1.77 bits per heavy atom.